The van der Waals surface area contributed by atoms with E-state index < -0.39 is 12.0 Å². The van der Waals surface area contributed by atoms with Gasteiger partial charge in [-0.3, -0.25) is 4.79 Å². The molecule has 0 aliphatic carbocycles. The summed E-state index contributed by atoms with van der Waals surface area (Å²) in [4.78, 5) is 26.6. The van der Waals surface area contributed by atoms with Crippen molar-refractivity contribution in [1.82, 2.24) is 10.3 Å². The van der Waals surface area contributed by atoms with Crippen LogP contribution < -0.4 is 11.1 Å². The number of amides is 1. The molecule has 0 aromatic carbocycles. The van der Waals surface area contributed by atoms with Gasteiger partial charge in [-0.05, 0) is 13.0 Å². The van der Waals surface area contributed by atoms with Crippen molar-refractivity contribution in [1.29, 1.82) is 0 Å². The number of hydrogen-bond acceptors (Lipinski definition) is 5. The molecule has 0 saturated heterocycles. The van der Waals surface area contributed by atoms with Crippen molar-refractivity contribution in [2.24, 2.45) is 5.73 Å². The second kappa shape index (κ2) is 7.07. The molecule has 1 unspecified atom stereocenters. The molecule has 1 rings (SSSR count). The molecule has 7 heteroatoms. The van der Waals surface area contributed by atoms with E-state index >= 15 is 0 Å². The number of carbonyl (C=O) groups is 2. The van der Waals surface area contributed by atoms with Gasteiger partial charge in [0.2, 0.25) is 5.91 Å². The fraction of sp³-hybridized carbons (Fsp3) is 0.545. The van der Waals surface area contributed by atoms with Crippen molar-refractivity contribution in [3.05, 3.63) is 16.1 Å². The zero-order valence-electron chi connectivity index (χ0n) is 10.2. The summed E-state index contributed by atoms with van der Waals surface area (Å²) >= 11 is 1.46. The van der Waals surface area contributed by atoms with E-state index in [0.29, 0.717) is 25.1 Å². The predicted molar refractivity (Wildman–Crippen MR) is 68.4 cm³/mol. The molecule has 4 N–H and O–H groups in total. The lowest BCUT2D eigenvalue weighted by molar-refractivity contribution is -0.141. The lowest BCUT2D eigenvalue weighted by Gasteiger charge is -2.11. The quantitative estimate of drug-likeness (QED) is 0.655. The van der Waals surface area contributed by atoms with E-state index in [4.69, 9.17) is 10.8 Å². The van der Waals surface area contributed by atoms with Gasteiger partial charge in [0, 0.05) is 11.8 Å². The van der Waals surface area contributed by atoms with E-state index in [0.717, 1.165) is 5.01 Å². The van der Waals surface area contributed by atoms with Gasteiger partial charge in [-0.25, -0.2) is 9.78 Å². The topological polar surface area (TPSA) is 105 Å². The summed E-state index contributed by atoms with van der Waals surface area (Å²) in [7, 11) is 0. The molecule has 0 saturated carbocycles. The minimum atomic E-state index is -1.02. The third kappa shape index (κ3) is 4.42. The highest BCUT2D eigenvalue weighted by Gasteiger charge is 2.18. The first-order valence-electron chi connectivity index (χ1n) is 5.72. The van der Waals surface area contributed by atoms with Crippen molar-refractivity contribution in [3.63, 3.8) is 0 Å². The zero-order valence-corrected chi connectivity index (χ0v) is 11.0. The number of carboxylic acid groups (broad SMARTS) is 1. The van der Waals surface area contributed by atoms with Gasteiger partial charge < -0.3 is 16.2 Å². The molecule has 18 heavy (non-hydrogen) atoms. The van der Waals surface area contributed by atoms with Gasteiger partial charge in [0.15, 0.2) is 0 Å². The number of aromatic nitrogens is 1. The monoisotopic (exact) mass is 271 g/mol. The third-order valence-corrected chi connectivity index (χ3v) is 3.30. The Morgan fingerprint density at radius 2 is 2.33 bits per heavy atom. The smallest absolute Gasteiger partial charge is 0.326 e. The number of nitrogens with two attached hydrogens (primary N) is 1. The normalized spacial score (nSPS) is 12.1. The summed E-state index contributed by atoms with van der Waals surface area (Å²) in [6.07, 6.45) is 1.15. The molecular formula is C11H17N3O3S. The van der Waals surface area contributed by atoms with E-state index in [-0.39, 0.29) is 12.3 Å². The van der Waals surface area contributed by atoms with Crippen LogP contribution >= 0.6 is 11.3 Å². The lowest BCUT2D eigenvalue weighted by Crippen LogP contribution is -2.41. The van der Waals surface area contributed by atoms with Crippen LogP contribution in [0.2, 0.25) is 0 Å². The highest BCUT2D eigenvalue weighted by Crippen LogP contribution is 2.10. The fourth-order valence-electron chi connectivity index (χ4n) is 1.42. The van der Waals surface area contributed by atoms with Gasteiger partial charge in [-0.2, -0.15) is 0 Å². The van der Waals surface area contributed by atoms with Crippen LogP contribution in [0.5, 0.6) is 0 Å². The Bertz CT molecular complexity index is 419. The maximum atomic E-state index is 11.6. The summed E-state index contributed by atoms with van der Waals surface area (Å²) in [5.41, 5.74) is 6.06. The van der Waals surface area contributed by atoms with E-state index in [1.807, 2.05) is 0 Å². The molecule has 6 nitrogen and oxygen atoms in total. The number of nitrogens with zero attached hydrogens (tertiary/aromatic N) is 1. The molecule has 0 aliphatic heterocycles. The summed E-state index contributed by atoms with van der Waals surface area (Å²) < 4.78 is 0. The van der Waals surface area contributed by atoms with E-state index in [1.165, 1.54) is 11.3 Å². The molecule has 1 aromatic rings. The van der Waals surface area contributed by atoms with Gasteiger partial charge >= 0.3 is 5.97 Å². The maximum absolute atomic E-state index is 11.6. The molecule has 100 valence electrons. The molecule has 0 bridgehead atoms. The Hall–Kier alpha value is -1.47. The first-order valence-corrected chi connectivity index (χ1v) is 6.60. The Balaban J connectivity index is 2.50. The van der Waals surface area contributed by atoms with Crippen LogP contribution in [-0.2, 0) is 22.4 Å². The Morgan fingerprint density at radius 1 is 1.61 bits per heavy atom. The van der Waals surface area contributed by atoms with Crippen LogP contribution in [0.25, 0.3) is 0 Å². The van der Waals surface area contributed by atoms with Gasteiger partial charge in [-0.15, -0.1) is 11.3 Å². The van der Waals surface area contributed by atoms with Crippen molar-refractivity contribution < 1.29 is 14.7 Å². The molecule has 0 radical (unpaired) electrons. The first-order chi connectivity index (χ1) is 8.56. The van der Waals surface area contributed by atoms with Crippen LogP contribution in [0.15, 0.2) is 5.38 Å². The number of thiazole rings is 1. The molecule has 0 fully saturated rings. The molecule has 1 amide bonds. The van der Waals surface area contributed by atoms with Crippen LogP contribution in [0.3, 0.4) is 0 Å². The van der Waals surface area contributed by atoms with Crippen molar-refractivity contribution in [2.75, 3.05) is 6.54 Å². The molecule has 0 aliphatic rings. The van der Waals surface area contributed by atoms with Crippen molar-refractivity contribution >= 4 is 23.2 Å². The largest absolute Gasteiger partial charge is 0.480 e. The second-order valence-corrected chi connectivity index (χ2v) is 4.76. The van der Waals surface area contributed by atoms with Gasteiger partial charge in [0.1, 0.15) is 6.04 Å². The Labute approximate surface area is 109 Å². The SMILES string of the molecule is CCC(NC(=O)Cc1csc(CCN)n1)C(=O)O. The fourth-order valence-corrected chi connectivity index (χ4v) is 2.23. The molecule has 1 aromatic heterocycles. The van der Waals surface area contributed by atoms with Gasteiger partial charge in [0.25, 0.3) is 0 Å². The minimum absolute atomic E-state index is 0.102. The van der Waals surface area contributed by atoms with E-state index in [2.05, 4.69) is 10.3 Å². The number of rotatable bonds is 7. The number of nitrogens with one attached hydrogen (secondary N) is 1. The molecule has 1 atom stereocenters. The van der Waals surface area contributed by atoms with Crippen LogP contribution in [0.4, 0.5) is 0 Å². The number of carboxylic acids is 1. The van der Waals surface area contributed by atoms with Gasteiger partial charge in [-0.1, -0.05) is 6.92 Å². The summed E-state index contributed by atoms with van der Waals surface area (Å²) in [6.45, 7) is 2.23. The summed E-state index contributed by atoms with van der Waals surface area (Å²) in [6, 6.07) is -0.834. The highest BCUT2D eigenvalue weighted by atomic mass is 32.1. The molecular weight excluding hydrogens is 254 g/mol. The minimum Gasteiger partial charge on any atom is -0.480 e. The van der Waals surface area contributed by atoms with Crippen molar-refractivity contribution in [3.8, 4) is 0 Å². The highest BCUT2D eigenvalue weighted by molar-refractivity contribution is 7.09. The Kier molecular flexibility index (Phi) is 5.73. The third-order valence-electron chi connectivity index (χ3n) is 2.34. The van der Waals surface area contributed by atoms with Gasteiger partial charge in [0.05, 0.1) is 17.1 Å². The van der Waals surface area contributed by atoms with Crippen LogP contribution in [-0.4, -0.2) is 34.6 Å². The maximum Gasteiger partial charge on any atom is 0.326 e. The zero-order chi connectivity index (χ0) is 13.5. The predicted octanol–water partition coefficient (Wildman–Crippen LogP) is 0.166. The van der Waals surface area contributed by atoms with Crippen LogP contribution in [0, 0.1) is 0 Å². The van der Waals surface area contributed by atoms with E-state index in [9.17, 15) is 9.59 Å². The van der Waals surface area contributed by atoms with Crippen molar-refractivity contribution in [2.45, 2.75) is 32.2 Å². The molecule has 1 heterocycles. The Morgan fingerprint density at radius 3 is 2.89 bits per heavy atom. The number of aliphatic carboxylic acids is 1. The molecule has 0 spiro atoms. The first kappa shape index (κ1) is 14.6. The average molecular weight is 271 g/mol. The average Bonchev–Trinajstić information content (AvgIpc) is 2.73. The number of carbonyl (C=O) groups excluding carboxylic acids is 1. The second-order valence-electron chi connectivity index (χ2n) is 3.81. The number of hydrogen-bond donors (Lipinski definition) is 3. The van der Waals surface area contributed by atoms with Crippen LogP contribution in [0.1, 0.15) is 24.0 Å². The van der Waals surface area contributed by atoms with E-state index in [1.54, 1.807) is 12.3 Å². The standard InChI is InChI=1S/C11H17N3O3S/c1-2-8(11(16)17)14-9(15)5-7-6-18-10(13-7)3-4-12/h6,8H,2-5,12H2,1H3,(H,14,15)(H,16,17). The summed E-state index contributed by atoms with van der Waals surface area (Å²) in [5.74, 6) is -1.35. The summed E-state index contributed by atoms with van der Waals surface area (Å²) in [5, 5.41) is 14.0. The lowest BCUT2D eigenvalue weighted by atomic mass is 10.2.